The van der Waals surface area contributed by atoms with Gasteiger partial charge in [-0.3, -0.25) is 9.59 Å². The third kappa shape index (κ3) is 3.60. The van der Waals surface area contributed by atoms with Crippen LogP contribution in [0.3, 0.4) is 0 Å². The minimum Gasteiger partial charge on any atom is -0.486 e. The smallest absolute Gasteiger partial charge is 0.239 e. The molecule has 1 N–H and O–H groups in total. The van der Waals surface area contributed by atoms with Crippen LogP contribution >= 0.6 is 0 Å². The number of rotatable bonds is 4. The second-order valence-electron chi connectivity index (χ2n) is 7.51. The Morgan fingerprint density at radius 2 is 2.00 bits per heavy atom. The summed E-state index contributed by atoms with van der Waals surface area (Å²) in [7, 11) is 1.94. The number of fused-ring (bicyclic) bond motifs is 1. The summed E-state index contributed by atoms with van der Waals surface area (Å²) in [4.78, 5) is 29.5. The molecule has 3 aliphatic heterocycles. The van der Waals surface area contributed by atoms with E-state index in [1.54, 1.807) is 4.90 Å². The highest BCUT2D eigenvalue weighted by atomic mass is 16.6. The van der Waals surface area contributed by atoms with E-state index in [2.05, 4.69) is 5.32 Å². The lowest BCUT2D eigenvalue weighted by Gasteiger charge is -2.34. The predicted octanol–water partition coefficient (Wildman–Crippen LogP) is 1.27. The van der Waals surface area contributed by atoms with E-state index in [4.69, 9.17) is 9.47 Å². The first kappa shape index (κ1) is 18.1. The summed E-state index contributed by atoms with van der Waals surface area (Å²) in [5, 5.41) is 3.19. The van der Waals surface area contributed by atoms with Crippen molar-refractivity contribution in [2.24, 2.45) is 11.8 Å². The van der Waals surface area contributed by atoms with Crippen LogP contribution < -0.4 is 19.7 Å². The van der Waals surface area contributed by atoms with Crippen molar-refractivity contribution in [2.45, 2.75) is 19.3 Å². The summed E-state index contributed by atoms with van der Waals surface area (Å²) in [5.74, 6) is 1.15. The van der Waals surface area contributed by atoms with Crippen LogP contribution in [0, 0.1) is 11.8 Å². The predicted molar refractivity (Wildman–Crippen MR) is 101 cm³/mol. The van der Waals surface area contributed by atoms with Crippen molar-refractivity contribution in [3.63, 3.8) is 0 Å². The maximum absolute atomic E-state index is 13.0. The zero-order valence-corrected chi connectivity index (χ0v) is 15.8. The summed E-state index contributed by atoms with van der Waals surface area (Å²) >= 11 is 0. The molecule has 2 atom stereocenters. The average molecular weight is 373 g/mol. The SMILES string of the molecule is CNCC1CCCN(C(=O)C2CCN(c3ccc4c(c3)OCCO4)C2=O)C1. The molecule has 2 amide bonds. The quantitative estimate of drug-likeness (QED) is 0.805. The Kier molecular flexibility index (Phi) is 5.20. The monoisotopic (exact) mass is 373 g/mol. The fraction of sp³-hybridized carbons (Fsp3) is 0.600. The van der Waals surface area contributed by atoms with Crippen LogP contribution in [0.1, 0.15) is 19.3 Å². The lowest BCUT2D eigenvalue weighted by Crippen LogP contribution is -2.46. The maximum atomic E-state index is 13.0. The minimum atomic E-state index is -0.563. The van der Waals surface area contributed by atoms with E-state index < -0.39 is 5.92 Å². The van der Waals surface area contributed by atoms with Gasteiger partial charge in [0.2, 0.25) is 11.8 Å². The average Bonchev–Trinajstić information content (AvgIpc) is 3.09. The molecule has 0 saturated carbocycles. The maximum Gasteiger partial charge on any atom is 0.239 e. The van der Waals surface area contributed by atoms with Crippen molar-refractivity contribution in [1.82, 2.24) is 10.2 Å². The second-order valence-corrected chi connectivity index (χ2v) is 7.51. The van der Waals surface area contributed by atoms with Gasteiger partial charge < -0.3 is 24.6 Å². The van der Waals surface area contributed by atoms with Gasteiger partial charge >= 0.3 is 0 Å². The molecule has 1 aromatic carbocycles. The first-order valence-electron chi connectivity index (χ1n) is 9.82. The highest BCUT2D eigenvalue weighted by Gasteiger charge is 2.40. The number of ether oxygens (including phenoxy) is 2. The molecule has 3 aliphatic rings. The molecule has 3 heterocycles. The molecule has 2 unspecified atom stereocenters. The van der Waals surface area contributed by atoms with E-state index in [0.717, 1.165) is 38.2 Å². The van der Waals surface area contributed by atoms with Gasteiger partial charge in [-0.1, -0.05) is 0 Å². The zero-order valence-electron chi connectivity index (χ0n) is 15.8. The Labute approximate surface area is 159 Å². The van der Waals surface area contributed by atoms with Gasteiger partial charge in [-0.15, -0.1) is 0 Å². The summed E-state index contributed by atoms with van der Waals surface area (Å²) in [5.41, 5.74) is 0.770. The van der Waals surface area contributed by atoms with Crippen LogP contribution in [-0.4, -0.2) is 63.2 Å². The highest BCUT2D eigenvalue weighted by Crippen LogP contribution is 2.36. The Morgan fingerprint density at radius 3 is 2.81 bits per heavy atom. The molecule has 7 heteroatoms. The number of benzene rings is 1. The number of carbonyl (C=O) groups excluding carboxylic acids is 2. The fourth-order valence-electron chi connectivity index (χ4n) is 4.31. The van der Waals surface area contributed by atoms with Gasteiger partial charge in [0.05, 0.1) is 0 Å². The van der Waals surface area contributed by atoms with Crippen LogP contribution in [0.2, 0.25) is 0 Å². The second kappa shape index (κ2) is 7.76. The molecule has 4 rings (SSSR count). The normalized spacial score (nSPS) is 25.0. The number of nitrogens with zero attached hydrogens (tertiary/aromatic N) is 2. The van der Waals surface area contributed by atoms with E-state index in [9.17, 15) is 9.59 Å². The largest absolute Gasteiger partial charge is 0.486 e. The first-order valence-corrected chi connectivity index (χ1v) is 9.82. The van der Waals surface area contributed by atoms with E-state index in [1.165, 1.54) is 0 Å². The lowest BCUT2D eigenvalue weighted by molar-refractivity contribution is -0.141. The molecule has 0 aromatic heterocycles. The number of nitrogens with one attached hydrogen (secondary N) is 1. The molecular weight excluding hydrogens is 346 g/mol. The molecule has 27 heavy (non-hydrogen) atoms. The first-order chi connectivity index (χ1) is 13.2. The topological polar surface area (TPSA) is 71.1 Å². The van der Waals surface area contributed by atoms with Crippen molar-refractivity contribution in [3.05, 3.63) is 18.2 Å². The molecule has 0 bridgehead atoms. The molecule has 0 radical (unpaired) electrons. The van der Waals surface area contributed by atoms with Gasteiger partial charge in [0.1, 0.15) is 19.1 Å². The molecule has 7 nitrogen and oxygen atoms in total. The van der Waals surface area contributed by atoms with E-state index in [0.29, 0.717) is 43.6 Å². The Bertz CT molecular complexity index is 721. The summed E-state index contributed by atoms with van der Waals surface area (Å²) in [6.45, 7) is 4.01. The van der Waals surface area contributed by atoms with Crippen LogP contribution in [0.5, 0.6) is 11.5 Å². The molecule has 1 aromatic rings. The van der Waals surface area contributed by atoms with Crippen LogP contribution in [0.15, 0.2) is 18.2 Å². The molecule has 0 spiro atoms. The molecule has 2 saturated heterocycles. The highest BCUT2D eigenvalue weighted by molar-refractivity contribution is 6.09. The van der Waals surface area contributed by atoms with E-state index in [-0.39, 0.29) is 11.8 Å². The number of anilines is 1. The summed E-state index contributed by atoms with van der Waals surface area (Å²) < 4.78 is 11.2. The zero-order chi connectivity index (χ0) is 18.8. The number of likely N-dealkylation sites (tertiary alicyclic amines) is 1. The van der Waals surface area contributed by atoms with Gasteiger partial charge in [0.25, 0.3) is 0 Å². The standard InChI is InChI=1S/C20H27N3O4/c1-21-12-14-3-2-7-22(13-14)19(24)16-6-8-23(20(16)25)15-4-5-17-18(11-15)27-10-9-26-17/h4-5,11,14,16,21H,2-3,6-10,12-13H2,1H3. The fourth-order valence-corrected chi connectivity index (χ4v) is 4.31. The van der Waals surface area contributed by atoms with Crippen LogP contribution in [-0.2, 0) is 9.59 Å². The third-order valence-electron chi connectivity index (χ3n) is 5.66. The molecule has 0 aliphatic carbocycles. The number of carbonyl (C=O) groups is 2. The van der Waals surface area contributed by atoms with Gasteiger partial charge in [-0.05, 0) is 50.9 Å². The van der Waals surface area contributed by atoms with Gasteiger partial charge in [0, 0.05) is 31.4 Å². The third-order valence-corrected chi connectivity index (χ3v) is 5.66. The number of piperidine rings is 1. The summed E-state index contributed by atoms with van der Waals surface area (Å²) in [6, 6.07) is 5.53. The van der Waals surface area contributed by atoms with Crippen molar-refractivity contribution >= 4 is 17.5 Å². The van der Waals surface area contributed by atoms with Crippen molar-refractivity contribution in [2.75, 3.05) is 51.3 Å². The van der Waals surface area contributed by atoms with E-state index >= 15 is 0 Å². The van der Waals surface area contributed by atoms with E-state index in [1.807, 2.05) is 30.1 Å². The Morgan fingerprint density at radius 1 is 1.19 bits per heavy atom. The van der Waals surface area contributed by atoms with Crippen molar-refractivity contribution in [3.8, 4) is 11.5 Å². The molecular formula is C20H27N3O4. The summed E-state index contributed by atoms with van der Waals surface area (Å²) in [6.07, 6.45) is 2.71. The molecule has 146 valence electrons. The Balaban J connectivity index is 1.44. The van der Waals surface area contributed by atoms with Crippen molar-refractivity contribution < 1.29 is 19.1 Å². The number of hydrogen-bond donors (Lipinski definition) is 1. The van der Waals surface area contributed by atoms with Crippen molar-refractivity contribution in [1.29, 1.82) is 0 Å². The van der Waals surface area contributed by atoms with Gasteiger partial charge in [0.15, 0.2) is 11.5 Å². The molecule has 2 fully saturated rings. The lowest BCUT2D eigenvalue weighted by atomic mass is 9.96. The van der Waals surface area contributed by atoms with Crippen LogP contribution in [0.4, 0.5) is 5.69 Å². The van der Waals surface area contributed by atoms with Gasteiger partial charge in [-0.2, -0.15) is 0 Å². The minimum absolute atomic E-state index is 0.0131. The number of amides is 2. The number of hydrogen-bond acceptors (Lipinski definition) is 5. The van der Waals surface area contributed by atoms with Gasteiger partial charge in [-0.25, -0.2) is 0 Å². The van der Waals surface area contributed by atoms with Crippen LogP contribution in [0.25, 0.3) is 0 Å². The Hall–Kier alpha value is -2.28.